The average Bonchev–Trinajstić information content (AvgIpc) is 2.45. The van der Waals surface area contributed by atoms with Gasteiger partial charge in [-0.15, -0.1) is 0 Å². The predicted octanol–water partition coefficient (Wildman–Crippen LogP) is 4.89. The first-order valence-corrected chi connectivity index (χ1v) is 7.52. The van der Waals surface area contributed by atoms with Crippen molar-refractivity contribution in [1.29, 1.82) is 0 Å². The van der Waals surface area contributed by atoms with E-state index in [2.05, 4.69) is 5.16 Å². The summed E-state index contributed by atoms with van der Waals surface area (Å²) in [6.45, 7) is 2.05. The fourth-order valence-electron chi connectivity index (χ4n) is 1.32. The third-order valence-electron chi connectivity index (χ3n) is 2.24. The fraction of sp³-hybridized carbons (Fsp3) is 0.308. The molecule has 0 aliphatic carbocycles. The zero-order valence-corrected chi connectivity index (χ0v) is 14.5. The van der Waals surface area contributed by atoms with Crippen molar-refractivity contribution in [3.05, 3.63) is 32.7 Å². The molecule has 1 aromatic carbocycles. The Morgan fingerprint density at radius 3 is 2.36 bits per heavy atom. The van der Waals surface area contributed by atoms with Crippen LogP contribution in [0.1, 0.15) is 6.92 Å². The van der Waals surface area contributed by atoms with Crippen molar-refractivity contribution in [2.24, 2.45) is 5.16 Å². The zero-order chi connectivity index (χ0) is 16.5. The molecule has 122 valence electrons. The Balaban J connectivity index is 2.60. The third kappa shape index (κ3) is 6.83. The molecule has 9 heteroatoms. The smallest absolute Gasteiger partial charge is 0.222 e. The summed E-state index contributed by atoms with van der Waals surface area (Å²) in [6, 6.07) is 3.11. The topological polar surface area (TPSA) is 60.3 Å². The summed E-state index contributed by atoms with van der Waals surface area (Å²) in [4.78, 5) is 0. The molecule has 0 aliphatic rings. The largest absolute Gasteiger partial charge is 0.489 e. The van der Waals surface area contributed by atoms with Gasteiger partial charge in [0.05, 0.1) is 10.0 Å². The second kappa shape index (κ2) is 9.90. The van der Waals surface area contributed by atoms with Crippen LogP contribution in [0.2, 0.25) is 10.0 Å². The van der Waals surface area contributed by atoms with E-state index in [0.29, 0.717) is 11.5 Å². The number of rotatable bonds is 7. The average molecular weight is 389 g/mol. The summed E-state index contributed by atoms with van der Waals surface area (Å²) < 4.78 is 15.9. The zero-order valence-electron chi connectivity index (χ0n) is 11.5. The Labute approximate surface area is 147 Å². The van der Waals surface area contributed by atoms with Crippen molar-refractivity contribution < 1.29 is 19.4 Å². The molecule has 0 saturated heterocycles. The van der Waals surface area contributed by atoms with Crippen molar-refractivity contribution in [2.45, 2.75) is 6.92 Å². The summed E-state index contributed by atoms with van der Waals surface area (Å²) in [5, 5.41) is 11.9. The first-order chi connectivity index (χ1) is 10.4. The van der Waals surface area contributed by atoms with Crippen LogP contribution in [0.25, 0.3) is 0 Å². The lowest BCUT2D eigenvalue weighted by atomic mass is 10.3. The summed E-state index contributed by atoms with van der Waals surface area (Å²) >= 11 is 23.1. The molecule has 1 aromatic rings. The summed E-state index contributed by atoms with van der Waals surface area (Å²) in [6.07, 6.45) is 1.48. The molecule has 1 N–H and O–H groups in total. The third-order valence-corrected chi connectivity index (χ3v) is 3.11. The van der Waals surface area contributed by atoms with Gasteiger partial charge in [-0.05, 0) is 6.08 Å². The number of hydrogen-bond donors (Lipinski definition) is 1. The van der Waals surface area contributed by atoms with Crippen LogP contribution in [-0.2, 0) is 4.74 Å². The lowest BCUT2D eigenvalue weighted by Crippen LogP contribution is -2.10. The van der Waals surface area contributed by atoms with Gasteiger partial charge in [-0.2, -0.15) is 0 Å². The molecule has 0 radical (unpaired) electrons. The number of hydrogen-bond acceptors (Lipinski definition) is 5. The van der Waals surface area contributed by atoms with Crippen molar-refractivity contribution in [1.82, 2.24) is 0 Å². The molecule has 0 bridgehead atoms. The number of ether oxygens (including phenoxy) is 3. The van der Waals surface area contributed by atoms with Gasteiger partial charge in [-0.25, -0.2) is 0 Å². The first kappa shape index (κ1) is 19.0. The van der Waals surface area contributed by atoms with Gasteiger partial charge in [0.25, 0.3) is 0 Å². The van der Waals surface area contributed by atoms with Gasteiger partial charge in [0, 0.05) is 19.1 Å². The Morgan fingerprint density at radius 1 is 1.18 bits per heavy atom. The maximum atomic E-state index is 8.42. The van der Waals surface area contributed by atoms with Crippen molar-refractivity contribution in [2.75, 3.05) is 19.8 Å². The van der Waals surface area contributed by atoms with Crippen LogP contribution in [0.3, 0.4) is 0 Å². The van der Waals surface area contributed by atoms with Crippen molar-refractivity contribution >= 4 is 52.3 Å². The van der Waals surface area contributed by atoms with E-state index in [1.807, 2.05) is 0 Å². The lowest BCUT2D eigenvalue weighted by Gasteiger charge is -2.12. The van der Waals surface area contributed by atoms with E-state index in [-0.39, 0.29) is 40.3 Å². The minimum Gasteiger partial charge on any atom is -0.489 e. The van der Waals surface area contributed by atoms with E-state index in [9.17, 15) is 0 Å². The first-order valence-electron chi connectivity index (χ1n) is 6.01. The molecule has 22 heavy (non-hydrogen) atoms. The van der Waals surface area contributed by atoms with Gasteiger partial charge in [0.2, 0.25) is 5.90 Å². The fourth-order valence-corrected chi connectivity index (χ4v) is 2.02. The second-order valence-electron chi connectivity index (χ2n) is 3.84. The quantitative estimate of drug-likeness (QED) is 0.237. The van der Waals surface area contributed by atoms with Gasteiger partial charge < -0.3 is 19.4 Å². The van der Waals surface area contributed by atoms with E-state index >= 15 is 0 Å². The molecule has 0 aliphatic heterocycles. The number of nitrogens with zero attached hydrogens (tertiary/aromatic N) is 1. The molecule has 0 heterocycles. The summed E-state index contributed by atoms with van der Waals surface area (Å²) in [5.74, 6) is 0.895. The van der Waals surface area contributed by atoms with Gasteiger partial charge in [0.15, 0.2) is 5.75 Å². The Morgan fingerprint density at radius 2 is 1.82 bits per heavy atom. The monoisotopic (exact) mass is 387 g/mol. The highest BCUT2D eigenvalue weighted by molar-refractivity contribution is 6.55. The standard InChI is InChI=1S/C13H13Cl4NO4/c1-8(18-19)20-4-5-22-13-10(14)6-9(7-11(13)15)21-3-2-12(16)17/h2,6-7,19H,3-5H2,1H3. The van der Waals surface area contributed by atoms with Crippen LogP contribution in [0.5, 0.6) is 11.5 Å². The number of oxime groups is 1. The maximum Gasteiger partial charge on any atom is 0.222 e. The molecule has 5 nitrogen and oxygen atoms in total. The van der Waals surface area contributed by atoms with Crippen LogP contribution < -0.4 is 9.47 Å². The molecule has 0 saturated carbocycles. The van der Waals surface area contributed by atoms with Crippen LogP contribution >= 0.6 is 46.4 Å². The van der Waals surface area contributed by atoms with Gasteiger partial charge in [-0.3, -0.25) is 0 Å². The van der Waals surface area contributed by atoms with E-state index < -0.39 is 0 Å². The summed E-state index contributed by atoms with van der Waals surface area (Å²) in [5.41, 5.74) is 0. The highest BCUT2D eigenvalue weighted by Gasteiger charge is 2.10. The molecular formula is C13H13Cl4NO4. The molecule has 0 fully saturated rings. The second-order valence-corrected chi connectivity index (χ2v) is 5.66. The predicted molar refractivity (Wildman–Crippen MR) is 88.1 cm³/mol. The normalized spacial score (nSPS) is 11.0. The van der Waals surface area contributed by atoms with Gasteiger partial charge in [-0.1, -0.05) is 51.6 Å². The number of halogens is 4. The van der Waals surface area contributed by atoms with E-state index in [0.717, 1.165) is 0 Å². The highest BCUT2D eigenvalue weighted by Crippen LogP contribution is 2.36. The minimum absolute atomic E-state index is 0.110. The van der Waals surface area contributed by atoms with E-state index in [4.69, 9.17) is 65.8 Å². The molecule has 0 amide bonds. The van der Waals surface area contributed by atoms with E-state index in [1.54, 1.807) is 12.1 Å². The highest BCUT2D eigenvalue weighted by atomic mass is 35.5. The van der Waals surface area contributed by atoms with Crippen LogP contribution in [-0.4, -0.2) is 30.9 Å². The molecule has 1 rings (SSSR count). The Kier molecular flexibility index (Phi) is 8.56. The summed E-state index contributed by atoms with van der Waals surface area (Å²) in [7, 11) is 0. The van der Waals surface area contributed by atoms with Gasteiger partial charge in [0.1, 0.15) is 30.1 Å². The molecule has 0 atom stereocenters. The van der Waals surface area contributed by atoms with E-state index in [1.165, 1.54) is 13.0 Å². The molecule has 0 spiro atoms. The SMILES string of the molecule is CC(=NO)OCCOc1c(Cl)cc(OCC=C(Cl)Cl)cc1Cl. The lowest BCUT2D eigenvalue weighted by molar-refractivity contribution is 0.195. The van der Waals surface area contributed by atoms with Crippen molar-refractivity contribution in [3.8, 4) is 11.5 Å². The molecule has 0 unspecified atom stereocenters. The molecular weight excluding hydrogens is 376 g/mol. The van der Waals surface area contributed by atoms with Crippen LogP contribution in [0.15, 0.2) is 27.9 Å². The van der Waals surface area contributed by atoms with Crippen molar-refractivity contribution in [3.63, 3.8) is 0 Å². The Bertz CT molecular complexity index is 536. The molecule has 0 aromatic heterocycles. The maximum absolute atomic E-state index is 8.42. The van der Waals surface area contributed by atoms with Crippen LogP contribution in [0.4, 0.5) is 0 Å². The minimum atomic E-state index is 0.110. The van der Waals surface area contributed by atoms with Gasteiger partial charge >= 0.3 is 0 Å². The Hall–Kier alpha value is -1.01. The van der Waals surface area contributed by atoms with Crippen LogP contribution in [0, 0.1) is 0 Å². The number of benzene rings is 1.